The lowest BCUT2D eigenvalue weighted by atomic mass is 10.3. The van der Waals surface area contributed by atoms with Crippen LogP contribution in [0, 0.1) is 0 Å². The van der Waals surface area contributed by atoms with Crippen LogP contribution in [0.5, 0.6) is 0 Å². The van der Waals surface area contributed by atoms with E-state index in [1.807, 2.05) is 0 Å². The summed E-state index contributed by atoms with van der Waals surface area (Å²) in [5.41, 5.74) is 1.27. The lowest BCUT2D eigenvalue weighted by Gasteiger charge is -1.98. The average Bonchev–Trinajstić information content (AvgIpc) is 2.71. The minimum Gasteiger partial charge on any atom is -0.357 e. The monoisotopic (exact) mass is 230 g/mol. The van der Waals surface area contributed by atoms with Crippen molar-refractivity contribution in [3.05, 3.63) is 32.9 Å². The van der Waals surface area contributed by atoms with E-state index in [2.05, 4.69) is 27.1 Å². The number of aromatic nitrogens is 1. The van der Waals surface area contributed by atoms with E-state index in [0.717, 1.165) is 11.7 Å². The number of hydrogen-bond acceptors (Lipinski definition) is 4. The lowest BCUT2D eigenvalue weighted by molar-refractivity contribution is 1.15. The highest BCUT2D eigenvalue weighted by Crippen LogP contribution is 2.23. The zero-order valence-electron chi connectivity index (χ0n) is 6.66. The fraction of sp³-hybridized carbons (Fsp3) is 0.125. The molecule has 2 heterocycles. The normalized spacial score (nSPS) is 10.2. The van der Waals surface area contributed by atoms with Crippen LogP contribution in [0.25, 0.3) is 0 Å². The van der Waals surface area contributed by atoms with Gasteiger partial charge in [-0.2, -0.15) is 11.3 Å². The molecule has 0 aliphatic rings. The molecular formula is C8H7ClN2S2. The molecule has 68 valence electrons. The molecule has 0 atom stereocenters. The van der Waals surface area contributed by atoms with Gasteiger partial charge in [-0.1, -0.05) is 22.9 Å². The molecule has 0 radical (unpaired) electrons. The van der Waals surface area contributed by atoms with Gasteiger partial charge in [-0.05, 0) is 22.4 Å². The van der Waals surface area contributed by atoms with Crippen LogP contribution in [-0.2, 0) is 6.54 Å². The van der Waals surface area contributed by atoms with E-state index in [-0.39, 0.29) is 0 Å². The lowest BCUT2D eigenvalue weighted by Crippen LogP contribution is -1.96. The molecule has 0 saturated carbocycles. The molecule has 2 aromatic heterocycles. The summed E-state index contributed by atoms with van der Waals surface area (Å²) in [5, 5.41) is 8.24. The quantitative estimate of drug-likeness (QED) is 0.874. The second-order valence-corrected chi connectivity index (χ2v) is 4.90. The third-order valence-electron chi connectivity index (χ3n) is 1.50. The smallest absolute Gasteiger partial charge is 0.184 e. The van der Waals surface area contributed by atoms with Crippen molar-refractivity contribution in [3.63, 3.8) is 0 Å². The fourth-order valence-electron chi connectivity index (χ4n) is 0.907. The second kappa shape index (κ2) is 4.09. The summed E-state index contributed by atoms with van der Waals surface area (Å²) >= 11 is 8.89. The Bertz CT molecular complexity index is 369. The van der Waals surface area contributed by atoms with Crippen LogP contribution >= 0.6 is 34.3 Å². The molecular weight excluding hydrogens is 224 g/mol. The zero-order chi connectivity index (χ0) is 9.10. The Hall–Kier alpha value is -0.580. The molecule has 0 saturated heterocycles. The standard InChI is InChI=1S/C8H7ClN2S2/c9-7-4-11-8(13-7)10-3-6-1-2-12-5-6/h1-2,4-5H,3H2,(H,10,11). The van der Waals surface area contributed by atoms with Crippen molar-refractivity contribution in [3.8, 4) is 0 Å². The van der Waals surface area contributed by atoms with E-state index < -0.39 is 0 Å². The number of thiophene rings is 1. The van der Waals surface area contributed by atoms with Crippen LogP contribution in [0.15, 0.2) is 23.0 Å². The van der Waals surface area contributed by atoms with Crippen molar-refractivity contribution >= 4 is 39.4 Å². The van der Waals surface area contributed by atoms with Gasteiger partial charge in [0.25, 0.3) is 0 Å². The van der Waals surface area contributed by atoms with Gasteiger partial charge in [-0.15, -0.1) is 0 Å². The first-order chi connectivity index (χ1) is 6.34. The van der Waals surface area contributed by atoms with E-state index in [1.54, 1.807) is 17.5 Å². The molecule has 0 fully saturated rings. The maximum Gasteiger partial charge on any atom is 0.184 e. The van der Waals surface area contributed by atoms with Gasteiger partial charge in [0, 0.05) is 6.54 Å². The molecule has 0 aliphatic carbocycles. The number of thiazole rings is 1. The fourth-order valence-corrected chi connectivity index (χ4v) is 2.38. The summed E-state index contributed by atoms with van der Waals surface area (Å²) < 4.78 is 0.716. The van der Waals surface area contributed by atoms with Crippen LogP contribution < -0.4 is 5.32 Å². The summed E-state index contributed by atoms with van der Waals surface area (Å²) in [5.74, 6) is 0. The highest BCUT2D eigenvalue weighted by Gasteiger charge is 1.98. The largest absolute Gasteiger partial charge is 0.357 e. The Morgan fingerprint density at radius 3 is 3.08 bits per heavy atom. The predicted octanol–water partition coefficient (Wildman–Crippen LogP) is 3.47. The van der Waals surface area contributed by atoms with E-state index in [1.165, 1.54) is 16.9 Å². The molecule has 0 spiro atoms. The average molecular weight is 231 g/mol. The van der Waals surface area contributed by atoms with Crippen molar-refractivity contribution < 1.29 is 0 Å². The van der Waals surface area contributed by atoms with Crippen molar-refractivity contribution in [2.75, 3.05) is 5.32 Å². The molecule has 0 unspecified atom stereocenters. The van der Waals surface area contributed by atoms with Gasteiger partial charge in [0.2, 0.25) is 0 Å². The third-order valence-corrected chi connectivity index (χ3v) is 3.31. The Balaban J connectivity index is 1.93. The maximum atomic E-state index is 5.74. The van der Waals surface area contributed by atoms with Crippen LogP contribution in [0.2, 0.25) is 4.34 Å². The molecule has 13 heavy (non-hydrogen) atoms. The number of nitrogens with one attached hydrogen (secondary N) is 1. The van der Waals surface area contributed by atoms with E-state index in [0.29, 0.717) is 4.34 Å². The Morgan fingerprint density at radius 1 is 1.54 bits per heavy atom. The Labute approximate surface area is 89.2 Å². The van der Waals surface area contributed by atoms with Gasteiger partial charge in [0.05, 0.1) is 6.20 Å². The van der Waals surface area contributed by atoms with Crippen LogP contribution in [0.4, 0.5) is 5.13 Å². The van der Waals surface area contributed by atoms with E-state index in [4.69, 9.17) is 11.6 Å². The minimum absolute atomic E-state index is 0.716. The molecule has 0 amide bonds. The molecule has 2 rings (SSSR count). The summed E-state index contributed by atoms with van der Waals surface area (Å²) in [6.07, 6.45) is 1.65. The van der Waals surface area contributed by atoms with Gasteiger partial charge in [0.15, 0.2) is 5.13 Å². The van der Waals surface area contributed by atoms with Crippen molar-refractivity contribution in [1.82, 2.24) is 4.98 Å². The van der Waals surface area contributed by atoms with E-state index >= 15 is 0 Å². The second-order valence-electron chi connectivity index (χ2n) is 2.45. The zero-order valence-corrected chi connectivity index (χ0v) is 9.05. The molecule has 1 N–H and O–H groups in total. The van der Waals surface area contributed by atoms with Crippen molar-refractivity contribution in [2.24, 2.45) is 0 Å². The van der Waals surface area contributed by atoms with Gasteiger partial charge >= 0.3 is 0 Å². The van der Waals surface area contributed by atoms with Crippen LogP contribution in [0.3, 0.4) is 0 Å². The van der Waals surface area contributed by atoms with Gasteiger partial charge < -0.3 is 5.32 Å². The molecule has 0 bridgehead atoms. The van der Waals surface area contributed by atoms with E-state index in [9.17, 15) is 0 Å². The molecule has 2 aromatic rings. The minimum atomic E-state index is 0.716. The number of anilines is 1. The summed E-state index contributed by atoms with van der Waals surface area (Å²) in [6.45, 7) is 0.813. The number of nitrogens with zero attached hydrogens (tertiary/aromatic N) is 1. The highest BCUT2D eigenvalue weighted by atomic mass is 35.5. The number of rotatable bonds is 3. The predicted molar refractivity (Wildman–Crippen MR) is 58.8 cm³/mol. The molecule has 0 aromatic carbocycles. The highest BCUT2D eigenvalue weighted by molar-refractivity contribution is 7.19. The van der Waals surface area contributed by atoms with Crippen LogP contribution in [-0.4, -0.2) is 4.98 Å². The topological polar surface area (TPSA) is 24.9 Å². The first-order valence-electron chi connectivity index (χ1n) is 3.71. The molecule has 5 heteroatoms. The first-order valence-corrected chi connectivity index (χ1v) is 5.84. The Kier molecular flexibility index (Phi) is 2.83. The van der Waals surface area contributed by atoms with Crippen molar-refractivity contribution in [2.45, 2.75) is 6.54 Å². The SMILES string of the molecule is Clc1cnc(NCc2ccsc2)s1. The van der Waals surface area contributed by atoms with Crippen LogP contribution in [0.1, 0.15) is 5.56 Å². The summed E-state index contributed by atoms with van der Waals surface area (Å²) in [7, 11) is 0. The van der Waals surface area contributed by atoms with Gasteiger partial charge in [0.1, 0.15) is 4.34 Å². The number of hydrogen-bond donors (Lipinski definition) is 1. The van der Waals surface area contributed by atoms with Crippen molar-refractivity contribution in [1.29, 1.82) is 0 Å². The third kappa shape index (κ3) is 2.43. The maximum absolute atomic E-state index is 5.74. The summed E-state index contributed by atoms with van der Waals surface area (Å²) in [6, 6.07) is 2.09. The Morgan fingerprint density at radius 2 is 2.46 bits per heavy atom. The van der Waals surface area contributed by atoms with Gasteiger partial charge in [-0.3, -0.25) is 0 Å². The molecule has 2 nitrogen and oxygen atoms in total. The first kappa shape index (κ1) is 8.99. The summed E-state index contributed by atoms with van der Waals surface area (Å²) in [4.78, 5) is 4.09. The molecule has 0 aliphatic heterocycles. The van der Waals surface area contributed by atoms with Gasteiger partial charge in [-0.25, -0.2) is 4.98 Å². The number of halogens is 1.